The van der Waals surface area contributed by atoms with Crippen LogP contribution in [0.4, 0.5) is 4.79 Å². The third kappa shape index (κ3) is 1.13. The molecule has 2 fully saturated rings. The number of rotatable bonds is 0. The summed E-state index contributed by atoms with van der Waals surface area (Å²) in [5.74, 6) is 0. The van der Waals surface area contributed by atoms with E-state index in [2.05, 4.69) is 0 Å². The van der Waals surface area contributed by atoms with Crippen molar-refractivity contribution in [2.75, 3.05) is 0 Å². The van der Waals surface area contributed by atoms with Crippen molar-refractivity contribution in [3.05, 3.63) is 0 Å². The van der Waals surface area contributed by atoms with E-state index in [1.165, 1.54) is 0 Å². The fourth-order valence-corrected chi connectivity index (χ4v) is 3.46. The molecule has 0 saturated carbocycles. The van der Waals surface area contributed by atoms with Crippen LogP contribution in [0, 0.1) is 0 Å². The number of nitrogens with two attached hydrogens (primary N) is 1. The maximum absolute atomic E-state index is 11.2. The number of fused-ring (bicyclic) bond motifs is 2. The molecule has 0 aromatic heterocycles. The molecule has 3 N–H and O–H groups in total. The molecule has 0 aromatic rings. The SMILES string of the molecule is CC12CC[C@](C)(C[C@@H](N)C1)N2C(=O)O. The maximum Gasteiger partial charge on any atom is 0.408 e. The quantitative estimate of drug-likeness (QED) is 0.618. The molecule has 3 atom stereocenters. The van der Waals surface area contributed by atoms with Gasteiger partial charge in [0.05, 0.1) is 0 Å². The highest BCUT2D eigenvalue weighted by Crippen LogP contribution is 2.49. The molecule has 80 valence electrons. The van der Waals surface area contributed by atoms with Gasteiger partial charge in [-0.25, -0.2) is 4.79 Å². The van der Waals surface area contributed by atoms with Crippen molar-refractivity contribution < 1.29 is 9.90 Å². The molecular weight excluding hydrogens is 180 g/mol. The Balaban J connectivity index is 2.38. The van der Waals surface area contributed by atoms with E-state index in [1.54, 1.807) is 4.90 Å². The van der Waals surface area contributed by atoms with Crippen molar-refractivity contribution in [1.82, 2.24) is 4.90 Å². The number of nitrogens with zero attached hydrogens (tertiary/aromatic N) is 1. The largest absolute Gasteiger partial charge is 0.465 e. The third-order valence-corrected chi connectivity index (χ3v) is 3.88. The minimum atomic E-state index is -0.792. The Kier molecular flexibility index (Phi) is 1.83. The smallest absolute Gasteiger partial charge is 0.408 e. The highest BCUT2D eigenvalue weighted by Gasteiger charge is 2.56. The van der Waals surface area contributed by atoms with E-state index < -0.39 is 6.09 Å². The molecule has 4 heteroatoms. The number of hydrogen-bond acceptors (Lipinski definition) is 2. The van der Waals surface area contributed by atoms with Crippen LogP contribution in [0.15, 0.2) is 0 Å². The molecule has 4 nitrogen and oxygen atoms in total. The lowest BCUT2D eigenvalue weighted by atomic mass is 9.83. The third-order valence-electron chi connectivity index (χ3n) is 3.88. The zero-order chi connectivity index (χ0) is 10.6. The minimum absolute atomic E-state index is 0.156. The van der Waals surface area contributed by atoms with E-state index in [0.29, 0.717) is 0 Å². The molecule has 2 heterocycles. The average molecular weight is 198 g/mol. The summed E-state index contributed by atoms with van der Waals surface area (Å²) in [6, 6.07) is 0.156. The van der Waals surface area contributed by atoms with Gasteiger partial charge >= 0.3 is 6.09 Å². The van der Waals surface area contributed by atoms with Crippen molar-refractivity contribution in [3.63, 3.8) is 0 Å². The molecule has 1 amide bonds. The Bertz CT molecular complexity index is 261. The van der Waals surface area contributed by atoms with Crippen molar-refractivity contribution in [2.24, 2.45) is 5.73 Å². The molecule has 2 bridgehead atoms. The lowest BCUT2D eigenvalue weighted by molar-refractivity contribution is 0.0139. The normalized spacial score (nSPS) is 46.8. The van der Waals surface area contributed by atoms with Gasteiger partial charge in [-0.2, -0.15) is 0 Å². The first kappa shape index (κ1) is 9.77. The minimum Gasteiger partial charge on any atom is -0.465 e. The summed E-state index contributed by atoms with van der Waals surface area (Å²) >= 11 is 0. The van der Waals surface area contributed by atoms with E-state index >= 15 is 0 Å². The van der Waals surface area contributed by atoms with Gasteiger partial charge in [0.2, 0.25) is 0 Å². The molecule has 2 aliphatic rings. The molecule has 14 heavy (non-hydrogen) atoms. The topological polar surface area (TPSA) is 66.6 Å². The van der Waals surface area contributed by atoms with E-state index in [4.69, 9.17) is 5.73 Å². The fourth-order valence-electron chi connectivity index (χ4n) is 3.46. The van der Waals surface area contributed by atoms with Gasteiger partial charge < -0.3 is 10.8 Å². The van der Waals surface area contributed by atoms with Gasteiger partial charge in [-0.05, 0) is 39.5 Å². The molecule has 0 radical (unpaired) electrons. The van der Waals surface area contributed by atoms with E-state index in [9.17, 15) is 9.90 Å². The van der Waals surface area contributed by atoms with Crippen molar-refractivity contribution in [3.8, 4) is 0 Å². The monoisotopic (exact) mass is 198 g/mol. The number of hydrogen-bond donors (Lipinski definition) is 2. The van der Waals surface area contributed by atoms with Gasteiger partial charge in [0, 0.05) is 17.1 Å². The van der Waals surface area contributed by atoms with E-state index in [0.717, 1.165) is 25.7 Å². The van der Waals surface area contributed by atoms with Crippen LogP contribution in [0.3, 0.4) is 0 Å². The maximum atomic E-state index is 11.2. The zero-order valence-electron chi connectivity index (χ0n) is 8.79. The zero-order valence-corrected chi connectivity index (χ0v) is 8.79. The van der Waals surface area contributed by atoms with Gasteiger partial charge in [-0.1, -0.05) is 0 Å². The van der Waals surface area contributed by atoms with Gasteiger partial charge in [0.1, 0.15) is 0 Å². The van der Waals surface area contributed by atoms with Crippen LogP contribution in [-0.2, 0) is 0 Å². The second kappa shape index (κ2) is 2.63. The lowest BCUT2D eigenvalue weighted by Gasteiger charge is -2.48. The Labute approximate surface area is 84.1 Å². The van der Waals surface area contributed by atoms with Crippen molar-refractivity contribution in [2.45, 2.75) is 56.7 Å². The predicted molar refractivity (Wildman–Crippen MR) is 53.1 cm³/mol. The van der Waals surface area contributed by atoms with Crippen LogP contribution in [0.25, 0.3) is 0 Å². The number of piperidine rings is 1. The van der Waals surface area contributed by atoms with Gasteiger partial charge in [0.15, 0.2) is 0 Å². The first-order chi connectivity index (χ1) is 6.37. The van der Waals surface area contributed by atoms with Crippen molar-refractivity contribution in [1.29, 1.82) is 0 Å². The van der Waals surface area contributed by atoms with Gasteiger partial charge in [0.25, 0.3) is 0 Å². The molecular formula is C10H18N2O2. The number of amides is 1. The standard InChI is InChI=1S/C10H18N2O2/c1-9-3-4-10(2,6-7(11)5-9)12(9)8(13)14/h7H,3-6,11H2,1-2H3,(H,13,14)/t7-,9-,10?/m1/s1. The van der Waals surface area contributed by atoms with E-state index in [1.807, 2.05) is 13.8 Å². The Morgan fingerprint density at radius 2 is 1.79 bits per heavy atom. The average Bonchev–Trinajstić information content (AvgIpc) is 2.15. The Morgan fingerprint density at radius 1 is 1.36 bits per heavy atom. The molecule has 2 saturated heterocycles. The highest BCUT2D eigenvalue weighted by atomic mass is 16.4. The first-order valence-corrected chi connectivity index (χ1v) is 5.16. The van der Waals surface area contributed by atoms with Gasteiger partial charge in [-0.3, -0.25) is 4.90 Å². The van der Waals surface area contributed by atoms with Crippen molar-refractivity contribution >= 4 is 6.09 Å². The summed E-state index contributed by atoms with van der Waals surface area (Å²) in [5, 5.41) is 9.22. The van der Waals surface area contributed by atoms with Crippen LogP contribution >= 0.6 is 0 Å². The highest BCUT2D eigenvalue weighted by molar-refractivity contribution is 5.68. The number of carbonyl (C=O) groups is 1. The van der Waals surface area contributed by atoms with Gasteiger partial charge in [-0.15, -0.1) is 0 Å². The van der Waals surface area contributed by atoms with Crippen LogP contribution in [0.2, 0.25) is 0 Å². The summed E-state index contributed by atoms with van der Waals surface area (Å²) in [4.78, 5) is 12.9. The fraction of sp³-hybridized carbons (Fsp3) is 0.900. The van der Waals surface area contributed by atoms with E-state index in [-0.39, 0.29) is 17.1 Å². The molecule has 2 aliphatic heterocycles. The predicted octanol–water partition coefficient (Wildman–Crippen LogP) is 1.40. The summed E-state index contributed by atoms with van der Waals surface area (Å²) in [6.07, 6.45) is 2.70. The second-order valence-electron chi connectivity index (χ2n) is 5.28. The summed E-state index contributed by atoms with van der Waals surface area (Å²) in [6.45, 7) is 4.04. The molecule has 0 aromatic carbocycles. The second-order valence-corrected chi connectivity index (χ2v) is 5.28. The Hall–Kier alpha value is -0.770. The van der Waals surface area contributed by atoms with Crippen LogP contribution in [0.5, 0.6) is 0 Å². The molecule has 1 unspecified atom stereocenters. The van der Waals surface area contributed by atoms with Crippen LogP contribution in [0.1, 0.15) is 39.5 Å². The first-order valence-electron chi connectivity index (χ1n) is 5.16. The Morgan fingerprint density at radius 3 is 2.14 bits per heavy atom. The molecule has 0 aliphatic carbocycles. The summed E-state index contributed by atoms with van der Waals surface area (Å²) in [7, 11) is 0. The number of carboxylic acid groups (broad SMARTS) is 1. The van der Waals surface area contributed by atoms with Crippen LogP contribution < -0.4 is 5.73 Å². The molecule has 0 spiro atoms. The lowest BCUT2D eigenvalue weighted by Crippen LogP contribution is -2.61. The van der Waals surface area contributed by atoms with Crippen LogP contribution in [-0.4, -0.2) is 33.2 Å². The summed E-state index contributed by atoms with van der Waals surface area (Å²) in [5.41, 5.74) is 5.52. The molecule has 2 rings (SSSR count). The summed E-state index contributed by atoms with van der Waals surface area (Å²) < 4.78 is 0.